The third-order valence-corrected chi connectivity index (χ3v) is 2.90. The summed E-state index contributed by atoms with van der Waals surface area (Å²) in [7, 11) is 0. The Labute approximate surface area is 113 Å². The lowest BCUT2D eigenvalue weighted by molar-refractivity contribution is 0.0691. The van der Waals surface area contributed by atoms with Crippen molar-refractivity contribution in [1.29, 1.82) is 5.26 Å². The Morgan fingerprint density at radius 2 is 2.00 bits per heavy atom. The van der Waals surface area contributed by atoms with Gasteiger partial charge in [-0.2, -0.15) is 5.26 Å². The molecule has 0 radical (unpaired) electrons. The van der Waals surface area contributed by atoms with Crippen molar-refractivity contribution in [2.45, 2.75) is 0 Å². The van der Waals surface area contributed by atoms with Gasteiger partial charge in [-0.15, -0.1) is 0 Å². The number of carboxylic acid groups (broad SMARTS) is 1. The van der Waals surface area contributed by atoms with Gasteiger partial charge >= 0.3 is 5.97 Å². The van der Waals surface area contributed by atoms with E-state index in [2.05, 4.69) is 16.0 Å². The number of hydrogen-bond acceptors (Lipinski definition) is 4. The Hall–Kier alpha value is -3.20. The van der Waals surface area contributed by atoms with Crippen molar-refractivity contribution in [2.75, 3.05) is 0 Å². The maximum atomic E-state index is 11.0. The molecule has 0 bridgehead atoms. The van der Waals surface area contributed by atoms with Gasteiger partial charge < -0.3 is 5.11 Å². The smallest absolute Gasteiger partial charge is 0.356 e. The Kier molecular flexibility index (Phi) is 2.66. The summed E-state index contributed by atoms with van der Waals surface area (Å²) in [5.74, 6) is -0.773. The molecule has 0 aliphatic rings. The first-order valence-electron chi connectivity index (χ1n) is 5.77. The number of nitrogens with zero attached hydrogens (tertiary/aromatic N) is 4. The molecule has 0 aliphatic carbocycles. The molecule has 0 fully saturated rings. The highest BCUT2D eigenvalue weighted by Crippen LogP contribution is 2.20. The number of fused-ring (bicyclic) bond motifs is 1. The van der Waals surface area contributed by atoms with Crippen LogP contribution in [0, 0.1) is 11.3 Å². The highest BCUT2D eigenvalue weighted by Gasteiger charge is 2.12. The van der Waals surface area contributed by atoms with Crippen LogP contribution in [0.25, 0.3) is 17.0 Å². The van der Waals surface area contributed by atoms with Gasteiger partial charge in [-0.3, -0.25) is 4.40 Å². The molecule has 2 aromatic heterocycles. The number of carbonyl (C=O) groups is 1. The van der Waals surface area contributed by atoms with Gasteiger partial charge in [0.2, 0.25) is 5.78 Å². The number of rotatable bonds is 2. The summed E-state index contributed by atoms with van der Waals surface area (Å²) >= 11 is 0. The standard InChI is InChI=1S/C14H8N4O2/c15-7-9-1-3-10(4-2-9)12-5-6-16-14-17-11(13(19)20)8-18(12)14/h1-6,8H,(H,19,20). The van der Waals surface area contributed by atoms with Gasteiger partial charge in [-0.1, -0.05) is 12.1 Å². The summed E-state index contributed by atoms with van der Waals surface area (Å²) in [5.41, 5.74) is 2.12. The summed E-state index contributed by atoms with van der Waals surface area (Å²) in [6, 6.07) is 10.8. The molecule has 6 nitrogen and oxygen atoms in total. The number of benzene rings is 1. The monoisotopic (exact) mass is 264 g/mol. The molecule has 3 aromatic rings. The van der Waals surface area contributed by atoms with Crippen molar-refractivity contribution in [3.05, 3.63) is 54.0 Å². The van der Waals surface area contributed by atoms with Gasteiger partial charge in [0, 0.05) is 12.4 Å². The minimum absolute atomic E-state index is 0.0569. The predicted octanol–water partition coefficient (Wildman–Crippen LogP) is 1.97. The van der Waals surface area contributed by atoms with Crippen LogP contribution in [-0.2, 0) is 0 Å². The Balaban J connectivity index is 2.19. The third kappa shape index (κ3) is 1.87. The summed E-state index contributed by atoms with van der Waals surface area (Å²) < 4.78 is 1.62. The lowest BCUT2D eigenvalue weighted by atomic mass is 10.1. The molecule has 1 N–H and O–H groups in total. The molecule has 0 atom stereocenters. The van der Waals surface area contributed by atoms with E-state index >= 15 is 0 Å². The molecule has 1 aromatic carbocycles. The van der Waals surface area contributed by atoms with Crippen molar-refractivity contribution in [2.24, 2.45) is 0 Å². The average molecular weight is 264 g/mol. The summed E-state index contributed by atoms with van der Waals surface area (Å²) in [6.07, 6.45) is 3.00. The lowest BCUT2D eigenvalue weighted by Gasteiger charge is -2.04. The predicted molar refractivity (Wildman–Crippen MR) is 70.1 cm³/mol. The number of imidazole rings is 1. The number of aromatic carboxylic acids is 1. The zero-order valence-corrected chi connectivity index (χ0v) is 10.2. The molecular formula is C14H8N4O2. The van der Waals surface area contributed by atoms with Crippen molar-refractivity contribution in [1.82, 2.24) is 14.4 Å². The highest BCUT2D eigenvalue weighted by atomic mass is 16.4. The van der Waals surface area contributed by atoms with Crippen LogP contribution in [0.5, 0.6) is 0 Å². The number of nitriles is 1. The van der Waals surface area contributed by atoms with Gasteiger partial charge in [-0.25, -0.2) is 14.8 Å². The lowest BCUT2D eigenvalue weighted by Crippen LogP contribution is -1.95. The third-order valence-electron chi connectivity index (χ3n) is 2.90. The molecule has 0 saturated carbocycles. The first kappa shape index (κ1) is 11.9. The Morgan fingerprint density at radius 3 is 2.65 bits per heavy atom. The van der Waals surface area contributed by atoms with Crippen molar-refractivity contribution in [3.63, 3.8) is 0 Å². The van der Waals surface area contributed by atoms with E-state index < -0.39 is 5.97 Å². The molecule has 96 valence electrons. The van der Waals surface area contributed by atoms with Crippen LogP contribution in [0.2, 0.25) is 0 Å². The van der Waals surface area contributed by atoms with Gasteiger partial charge in [0.15, 0.2) is 5.69 Å². The molecular weight excluding hydrogens is 256 g/mol. The molecule has 0 saturated heterocycles. The second kappa shape index (κ2) is 4.48. The number of aromatic nitrogens is 3. The fourth-order valence-electron chi connectivity index (χ4n) is 1.95. The normalized spacial score (nSPS) is 10.3. The van der Waals surface area contributed by atoms with Crippen LogP contribution in [0.15, 0.2) is 42.7 Å². The van der Waals surface area contributed by atoms with Gasteiger partial charge in [0.05, 0.1) is 17.3 Å². The zero-order chi connectivity index (χ0) is 14.1. The molecule has 20 heavy (non-hydrogen) atoms. The Bertz CT molecular complexity index is 844. The van der Waals surface area contributed by atoms with Crippen molar-refractivity contribution < 1.29 is 9.90 Å². The van der Waals surface area contributed by atoms with Gasteiger partial charge in [0.25, 0.3) is 0 Å². The van der Waals surface area contributed by atoms with Crippen LogP contribution in [0.4, 0.5) is 0 Å². The van der Waals surface area contributed by atoms with Crippen LogP contribution >= 0.6 is 0 Å². The largest absolute Gasteiger partial charge is 0.476 e. The van der Waals surface area contributed by atoms with E-state index in [9.17, 15) is 4.79 Å². The quantitative estimate of drug-likeness (QED) is 0.764. The summed E-state index contributed by atoms with van der Waals surface area (Å²) in [4.78, 5) is 18.9. The van der Waals surface area contributed by atoms with E-state index in [1.165, 1.54) is 6.20 Å². The van der Waals surface area contributed by atoms with Gasteiger partial charge in [0.1, 0.15) is 0 Å². The first-order chi connectivity index (χ1) is 9.69. The van der Waals surface area contributed by atoms with Crippen molar-refractivity contribution in [3.8, 4) is 17.3 Å². The zero-order valence-electron chi connectivity index (χ0n) is 10.2. The highest BCUT2D eigenvalue weighted by molar-refractivity contribution is 5.86. The maximum Gasteiger partial charge on any atom is 0.356 e. The molecule has 6 heteroatoms. The van der Waals surface area contributed by atoms with Crippen LogP contribution in [0.1, 0.15) is 16.1 Å². The fraction of sp³-hybridized carbons (Fsp3) is 0. The second-order valence-electron chi connectivity index (χ2n) is 4.12. The number of hydrogen-bond donors (Lipinski definition) is 1. The summed E-state index contributed by atoms with van der Waals surface area (Å²) in [5, 5.41) is 17.8. The Morgan fingerprint density at radius 1 is 1.25 bits per heavy atom. The van der Waals surface area contributed by atoms with Crippen LogP contribution in [0.3, 0.4) is 0 Å². The molecule has 0 spiro atoms. The molecule has 2 heterocycles. The SMILES string of the molecule is N#Cc1ccc(-c2ccnc3nc(C(=O)O)cn23)cc1. The maximum absolute atomic E-state index is 11.0. The fourth-order valence-corrected chi connectivity index (χ4v) is 1.95. The van der Waals surface area contributed by atoms with Crippen LogP contribution in [-0.4, -0.2) is 25.4 Å². The first-order valence-corrected chi connectivity index (χ1v) is 5.77. The van der Waals surface area contributed by atoms with E-state index in [0.29, 0.717) is 11.3 Å². The second-order valence-corrected chi connectivity index (χ2v) is 4.12. The minimum Gasteiger partial charge on any atom is -0.476 e. The van der Waals surface area contributed by atoms with Gasteiger partial charge in [-0.05, 0) is 23.8 Å². The summed E-state index contributed by atoms with van der Waals surface area (Å²) in [6.45, 7) is 0. The van der Waals surface area contributed by atoms with E-state index in [4.69, 9.17) is 10.4 Å². The molecule has 0 unspecified atom stereocenters. The van der Waals surface area contributed by atoms with Crippen LogP contribution < -0.4 is 0 Å². The molecule has 0 aliphatic heterocycles. The van der Waals surface area contributed by atoms with E-state index in [1.54, 1.807) is 40.9 Å². The topological polar surface area (TPSA) is 91.3 Å². The van der Waals surface area contributed by atoms with E-state index in [0.717, 1.165) is 11.3 Å². The van der Waals surface area contributed by atoms with E-state index in [1.807, 2.05) is 0 Å². The van der Waals surface area contributed by atoms with Crippen molar-refractivity contribution >= 4 is 11.7 Å². The minimum atomic E-state index is -1.10. The molecule has 3 rings (SSSR count). The number of carboxylic acids is 1. The van der Waals surface area contributed by atoms with E-state index in [-0.39, 0.29) is 5.69 Å². The average Bonchev–Trinajstić information content (AvgIpc) is 2.91. The molecule has 0 amide bonds.